The van der Waals surface area contributed by atoms with E-state index in [1.54, 1.807) is 17.7 Å². The first-order chi connectivity index (χ1) is 11.8. The second-order valence-corrected chi connectivity index (χ2v) is 6.45. The van der Waals surface area contributed by atoms with Gasteiger partial charge in [-0.1, -0.05) is 12.7 Å². The lowest BCUT2D eigenvalue weighted by atomic mass is 10.2. The number of hydrogen-bond donors (Lipinski definition) is 1. The standard InChI is InChI=1S/C18H18N4OS/c1-2-13-11-24-17-16(13)19-12-20-18(17)21-14-3-5-15(6-4-14)22-7-9-23-10-8-22/h2-6,11-12H,1,7-10H2,(H,19,20,21). The molecule has 6 heteroatoms. The van der Waals surface area contributed by atoms with Crippen LogP contribution < -0.4 is 10.2 Å². The van der Waals surface area contributed by atoms with Crippen molar-refractivity contribution in [2.75, 3.05) is 36.5 Å². The third-order valence-electron chi connectivity index (χ3n) is 4.11. The van der Waals surface area contributed by atoms with E-state index in [0.717, 1.165) is 53.6 Å². The lowest BCUT2D eigenvalue weighted by molar-refractivity contribution is 0.122. The van der Waals surface area contributed by atoms with Gasteiger partial charge in [0.1, 0.15) is 6.33 Å². The summed E-state index contributed by atoms with van der Waals surface area (Å²) in [5.74, 6) is 0.831. The maximum atomic E-state index is 5.40. The van der Waals surface area contributed by atoms with Crippen LogP contribution in [0.2, 0.25) is 0 Å². The van der Waals surface area contributed by atoms with Crippen molar-refractivity contribution < 1.29 is 4.74 Å². The summed E-state index contributed by atoms with van der Waals surface area (Å²) in [7, 11) is 0. The zero-order valence-corrected chi connectivity index (χ0v) is 14.1. The highest BCUT2D eigenvalue weighted by atomic mass is 32.1. The highest BCUT2D eigenvalue weighted by molar-refractivity contribution is 7.18. The second-order valence-electron chi connectivity index (χ2n) is 5.57. The minimum Gasteiger partial charge on any atom is -0.378 e. The first-order valence-corrected chi connectivity index (χ1v) is 8.77. The van der Waals surface area contributed by atoms with Crippen molar-refractivity contribution >= 4 is 44.8 Å². The van der Waals surface area contributed by atoms with Crippen molar-refractivity contribution in [1.82, 2.24) is 9.97 Å². The minimum atomic E-state index is 0.795. The maximum Gasteiger partial charge on any atom is 0.151 e. The number of ether oxygens (including phenoxy) is 1. The first-order valence-electron chi connectivity index (χ1n) is 7.89. The zero-order chi connectivity index (χ0) is 16.4. The van der Waals surface area contributed by atoms with Crippen molar-refractivity contribution in [1.29, 1.82) is 0 Å². The summed E-state index contributed by atoms with van der Waals surface area (Å²) >= 11 is 1.63. The largest absolute Gasteiger partial charge is 0.378 e. The molecule has 1 saturated heterocycles. The summed E-state index contributed by atoms with van der Waals surface area (Å²) in [6.45, 7) is 7.31. The molecule has 5 nitrogen and oxygen atoms in total. The molecule has 0 radical (unpaired) electrons. The van der Waals surface area contributed by atoms with Gasteiger partial charge in [0.15, 0.2) is 5.82 Å². The van der Waals surface area contributed by atoms with E-state index < -0.39 is 0 Å². The summed E-state index contributed by atoms with van der Waals surface area (Å²) < 4.78 is 6.45. The molecule has 0 unspecified atom stereocenters. The molecule has 1 fully saturated rings. The number of thiophene rings is 1. The fraction of sp³-hybridized carbons (Fsp3) is 0.222. The number of hydrogen-bond acceptors (Lipinski definition) is 6. The summed E-state index contributed by atoms with van der Waals surface area (Å²) in [6.07, 6.45) is 3.42. The molecule has 2 aromatic heterocycles. The Morgan fingerprint density at radius 2 is 1.96 bits per heavy atom. The Morgan fingerprint density at radius 3 is 2.71 bits per heavy atom. The van der Waals surface area contributed by atoms with Gasteiger partial charge in [-0.3, -0.25) is 0 Å². The van der Waals surface area contributed by atoms with E-state index >= 15 is 0 Å². The first kappa shape index (κ1) is 15.1. The summed E-state index contributed by atoms with van der Waals surface area (Å²) in [5.41, 5.74) is 4.22. The smallest absolute Gasteiger partial charge is 0.151 e. The molecule has 0 aliphatic carbocycles. The highest BCUT2D eigenvalue weighted by Crippen LogP contribution is 2.31. The molecule has 4 rings (SSSR count). The molecule has 0 spiro atoms. The van der Waals surface area contributed by atoms with Gasteiger partial charge in [-0.2, -0.15) is 0 Å². The fourth-order valence-electron chi connectivity index (χ4n) is 2.82. The van der Waals surface area contributed by atoms with Crippen LogP contribution in [0.4, 0.5) is 17.2 Å². The number of anilines is 3. The lowest BCUT2D eigenvalue weighted by Crippen LogP contribution is -2.36. The van der Waals surface area contributed by atoms with Gasteiger partial charge >= 0.3 is 0 Å². The van der Waals surface area contributed by atoms with E-state index in [1.165, 1.54) is 5.69 Å². The Labute approximate surface area is 144 Å². The molecule has 1 aliphatic heterocycles. The average Bonchev–Trinajstić information content (AvgIpc) is 3.07. The zero-order valence-electron chi connectivity index (χ0n) is 13.2. The Balaban J connectivity index is 1.57. The van der Waals surface area contributed by atoms with Crippen LogP contribution in [0.1, 0.15) is 5.56 Å². The van der Waals surface area contributed by atoms with Crippen LogP contribution >= 0.6 is 11.3 Å². The summed E-state index contributed by atoms with van der Waals surface area (Å²) in [5, 5.41) is 5.45. The second kappa shape index (κ2) is 6.59. The Morgan fingerprint density at radius 1 is 1.17 bits per heavy atom. The predicted molar refractivity (Wildman–Crippen MR) is 100 cm³/mol. The van der Waals surface area contributed by atoms with Crippen LogP contribution in [0, 0.1) is 0 Å². The monoisotopic (exact) mass is 338 g/mol. The van der Waals surface area contributed by atoms with Gasteiger partial charge in [-0.05, 0) is 24.3 Å². The van der Waals surface area contributed by atoms with Crippen LogP contribution in [0.25, 0.3) is 16.3 Å². The van der Waals surface area contributed by atoms with Gasteiger partial charge in [0.25, 0.3) is 0 Å². The van der Waals surface area contributed by atoms with E-state index in [-0.39, 0.29) is 0 Å². The normalized spacial score (nSPS) is 14.8. The van der Waals surface area contributed by atoms with Crippen LogP contribution in [-0.4, -0.2) is 36.3 Å². The van der Waals surface area contributed by atoms with Gasteiger partial charge in [-0.15, -0.1) is 11.3 Å². The Hall–Kier alpha value is -2.44. The molecular weight excluding hydrogens is 320 g/mol. The van der Waals surface area contributed by atoms with E-state index in [1.807, 2.05) is 6.08 Å². The van der Waals surface area contributed by atoms with Gasteiger partial charge in [0, 0.05) is 35.4 Å². The van der Waals surface area contributed by atoms with Gasteiger partial charge in [0.2, 0.25) is 0 Å². The van der Waals surface area contributed by atoms with Gasteiger partial charge in [0.05, 0.1) is 23.4 Å². The number of benzene rings is 1. The molecule has 1 aromatic carbocycles. The van der Waals surface area contributed by atoms with Crippen molar-refractivity contribution in [2.24, 2.45) is 0 Å². The molecular formula is C18H18N4OS. The van der Waals surface area contributed by atoms with E-state index in [0.29, 0.717) is 0 Å². The molecule has 122 valence electrons. The van der Waals surface area contributed by atoms with Gasteiger partial charge < -0.3 is 15.0 Å². The van der Waals surface area contributed by atoms with Crippen LogP contribution in [0.5, 0.6) is 0 Å². The molecule has 0 amide bonds. The van der Waals surface area contributed by atoms with Gasteiger partial charge in [-0.25, -0.2) is 9.97 Å². The van der Waals surface area contributed by atoms with E-state index in [9.17, 15) is 0 Å². The minimum absolute atomic E-state index is 0.795. The number of rotatable bonds is 4. The van der Waals surface area contributed by atoms with Crippen LogP contribution in [0.15, 0.2) is 42.6 Å². The maximum absolute atomic E-state index is 5.40. The number of nitrogens with zero attached hydrogens (tertiary/aromatic N) is 3. The van der Waals surface area contributed by atoms with Crippen molar-refractivity contribution in [3.05, 3.63) is 48.1 Å². The number of aromatic nitrogens is 2. The third kappa shape index (κ3) is 2.86. The summed E-state index contributed by atoms with van der Waals surface area (Å²) in [6, 6.07) is 8.44. The number of fused-ring (bicyclic) bond motifs is 1. The third-order valence-corrected chi connectivity index (χ3v) is 5.10. The predicted octanol–water partition coefficient (Wildman–Crippen LogP) is 3.91. The highest BCUT2D eigenvalue weighted by Gasteiger charge is 2.12. The number of nitrogens with one attached hydrogen (secondary N) is 1. The molecule has 3 heterocycles. The van der Waals surface area contributed by atoms with Crippen molar-refractivity contribution in [3.63, 3.8) is 0 Å². The Bertz CT molecular complexity index is 853. The quantitative estimate of drug-likeness (QED) is 0.781. The molecule has 0 atom stereocenters. The molecule has 3 aromatic rings. The lowest BCUT2D eigenvalue weighted by Gasteiger charge is -2.28. The molecule has 0 saturated carbocycles. The summed E-state index contributed by atoms with van der Waals surface area (Å²) in [4.78, 5) is 11.1. The van der Waals surface area contributed by atoms with Crippen LogP contribution in [-0.2, 0) is 4.74 Å². The van der Waals surface area contributed by atoms with Crippen molar-refractivity contribution in [3.8, 4) is 0 Å². The average molecular weight is 338 g/mol. The molecule has 1 aliphatic rings. The van der Waals surface area contributed by atoms with Crippen LogP contribution in [0.3, 0.4) is 0 Å². The molecule has 1 N–H and O–H groups in total. The fourth-order valence-corrected chi connectivity index (χ4v) is 3.77. The number of morpholine rings is 1. The van der Waals surface area contributed by atoms with E-state index in [2.05, 4.69) is 56.4 Å². The molecule has 24 heavy (non-hydrogen) atoms. The topological polar surface area (TPSA) is 50.3 Å². The SMILES string of the molecule is C=Cc1csc2c(Nc3ccc(N4CCOCC4)cc3)ncnc12. The Kier molecular flexibility index (Phi) is 4.15. The van der Waals surface area contributed by atoms with Crippen molar-refractivity contribution in [2.45, 2.75) is 0 Å². The van der Waals surface area contributed by atoms with E-state index in [4.69, 9.17) is 4.74 Å². The molecule has 0 bridgehead atoms.